The van der Waals surface area contributed by atoms with Gasteiger partial charge < -0.3 is 10.1 Å². The van der Waals surface area contributed by atoms with E-state index in [9.17, 15) is 26.7 Å². The zero-order chi connectivity index (χ0) is 26.9. The van der Waals surface area contributed by atoms with Crippen LogP contribution in [0.3, 0.4) is 0 Å². The number of rotatable bonds is 14. The Hall–Kier alpha value is -3.06. The van der Waals surface area contributed by atoms with Crippen LogP contribution in [0, 0.1) is 0 Å². The first-order valence-corrected chi connectivity index (χ1v) is 11.1. The number of ether oxygens (including phenoxy) is 1. The highest BCUT2D eigenvalue weighted by molar-refractivity contribution is 6.29. The largest absolute Gasteiger partial charge is 0.472 e. The molecule has 0 aliphatic heterocycles. The van der Waals surface area contributed by atoms with Crippen molar-refractivity contribution in [1.29, 1.82) is 0 Å². The zero-order valence-electron chi connectivity index (χ0n) is 19.6. The minimum Gasteiger partial charge on any atom is -0.472 e. The third-order valence-electron chi connectivity index (χ3n) is 4.68. The lowest BCUT2D eigenvalue weighted by Crippen LogP contribution is -2.25. The molecular weight excluding hydrogens is 511 g/mol. The fourth-order valence-corrected chi connectivity index (χ4v) is 3.45. The van der Waals surface area contributed by atoms with Crippen molar-refractivity contribution >= 4 is 23.6 Å². The quantitative estimate of drug-likeness (QED) is 0.124. The number of hydrazone groups is 1. The van der Waals surface area contributed by atoms with E-state index in [0.29, 0.717) is 11.1 Å². The summed E-state index contributed by atoms with van der Waals surface area (Å²) in [6.45, 7) is 3.22. The Morgan fingerprint density at radius 3 is 2.72 bits per heavy atom. The highest BCUT2D eigenvalue weighted by Gasteiger charge is 2.39. The number of pyridine rings is 1. The van der Waals surface area contributed by atoms with Crippen molar-refractivity contribution in [3.8, 4) is 5.88 Å². The summed E-state index contributed by atoms with van der Waals surface area (Å²) in [5.41, 5.74) is 2.35. The van der Waals surface area contributed by atoms with Gasteiger partial charge in [0.1, 0.15) is 10.9 Å². The number of carbonyl (C=O) groups excluding carboxylic acids is 1. The monoisotopic (exact) mass is 536 g/mol. The molecule has 0 saturated carbocycles. The van der Waals surface area contributed by atoms with Crippen LogP contribution in [0.25, 0.3) is 0 Å². The third kappa shape index (κ3) is 9.19. The number of halogens is 6. The van der Waals surface area contributed by atoms with Gasteiger partial charge in [0.15, 0.2) is 12.3 Å². The second-order valence-electron chi connectivity index (χ2n) is 7.76. The van der Waals surface area contributed by atoms with Crippen molar-refractivity contribution in [2.45, 2.75) is 37.9 Å². The van der Waals surface area contributed by atoms with E-state index >= 15 is 0 Å². The Balaban J connectivity index is 1.99. The molecule has 8 nitrogen and oxygen atoms in total. The van der Waals surface area contributed by atoms with E-state index in [0.717, 1.165) is 4.68 Å². The maximum absolute atomic E-state index is 13.4. The lowest BCUT2D eigenvalue weighted by Gasteiger charge is -2.20. The molecule has 2 heterocycles. The summed E-state index contributed by atoms with van der Waals surface area (Å²) >= 11 is 5.86. The molecule has 0 fully saturated rings. The van der Waals surface area contributed by atoms with Gasteiger partial charge in [-0.1, -0.05) is 18.2 Å². The van der Waals surface area contributed by atoms with Gasteiger partial charge in [-0.15, -0.1) is 0 Å². The second kappa shape index (κ2) is 13.3. The van der Waals surface area contributed by atoms with Crippen LogP contribution >= 0.6 is 11.6 Å². The lowest BCUT2D eigenvalue weighted by molar-refractivity contribution is -0.142. The van der Waals surface area contributed by atoms with E-state index in [1.165, 1.54) is 31.6 Å². The second-order valence-corrected chi connectivity index (χ2v) is 8.15. The lowest BCUT2D eigenvalue weighted by atomic mass is 10.0. The maximum Gasteiger partial charge on any atom is 0.435 e. The number of nitrogens with one attached hydrogen (secondary N) is 2. The van der Waals surface area contributed by atoms with E-state index in [1.807, 2.05) is 0 Å². The molecule has 0 bridgehead atoms. The summed E-state index contributed by atoms with van der Waals surface area (Å²) in [5.74, 6) is -0.316. The van der Waals surface area contributed by atoms with Crippen molar-refractivity contribution < 1.29 is 31.5 Å². The Kier molecular flexibility index (Phi) is 10.8. The number of nitrogens with zero attached hydrogens (tertiary/aromatic N) is 4. The van der Waals surface area contributed by atoms with Crippen molar-refractivity contribution in [3.05, 3.63) is 52.5 Å². The summed E-state index contributed by atoms with van der Waals surface area (Å²) in [6, 6.07) is 1.81. The topological polar surface area (TPSA) is 93.4 Å². The highest BCUT2D eigenvalue weighted by atomic mass is 35.5. The summed E-state index contributed by atoms with van der Waals surface area (Å²) in [7, 11) is 3.02. The van der Waals surface area contributed by atoms with Gasteiger partial charge in [0.05, 0.1) is 6.04 Å². The fourth-order valence-electron chi connectivity index (χ4n) is 3.23. The van der Waals surface area contributed by atoms with Crippen LogP contribution in [-0.2, 0) is 24.4 Å². The van der Waals surface area contributed by atoms with Crippen LogP contribution in [0.5, 0.6) is 5.88 Å². The van der Waals surface area contributed by atoms with Crippen LogP contribution in [0.15, 0.2) is 35.6 Å². The third-order valence-corrected chi connectivity index (χ3v) is 4.88. The number of carbonyl (C=O) groups is 1. The van der Waals surface area contributed by atoms with E-state index in [1.54, 1.807) is 7.05 Å². The van der Waals surface area contributed by atoms with Gasteiger partial charge in [0, 0.05) is 50.5 Å². The average molecular weight is 537 g/mol. The standard InChI is InChI=1S/C22H26ClF5N6O2/c1-13(10-29-2)20(16-11-34(3)33-21(16)22(26,27)28)32-30-6-4-5-15(35)7-14-8-17(23)31-19(9-14)36-12-18(24)25/h6,8-9,11,18,20,29,32H,1,4-5,7,10,12H2,2-3H3/b30-6+. The van der Waals surface area contributed by atoms with E-state index in [-0.39, 0.29) is 48.2 Å². The number of alkyl halides is 5. The van der Waals surface area contributed by atoms with Crippen LogP contribution in [0.4, 0.5) is 22.0 Å². The van der Waals surface area contributed by atoms with Gasteiger partial charge in [-0.25, -0.2) is 13.8 Å². The van der Waals surface area contributed by atoms with Crippen LogP contribution < -0.4 is 15.5 Å². The fraction of sp³-hybridized carbons (Fsp3) is 0.455. The Morgan fingerprint density at radius 1 is 1.36 bits per heavy atom. The molecule has 14 heteroatoms. The molecular formula is C22H26ClF5N6O2. The molecule has 2 N–H and O–H groups in total. The molecule has 0 aliphatic carbocycles. The minimum absolute atomic E-state index is 0.00297. The molecule has 0 radical (unpaired) electrons. The summed E-state index contributed by atoms with van der Waals surface area (Å²) in [6.07, 6.45) is -4.49. The number of ketones is 1. The molecule has 0 amide bonds. The average Bonchev–Trinajstić information content (AvgIpc) is 3.16. The Labute approximate surface area is 209 Å². The van der Waals surface area contributed by atoms with Gasteiger partial charge in [0.2, 0.25) is 5.88 Å². The molecule has 1 atom stereocenters. The van der Waals surface area contributed by atoms with Crippen molar-refractivity contribution in [3.63, 3.8) is 0 Å². The van der Waals surface area contributed by atoms with Gasteiger partial charge in [-0.05, 0) is 30.7 Å². The van der Waals surface area contributed by atoms with Crippen molar-refractivity contribution in [2.24, 2.45) is 12.1 Å². The normalized spacial score (nSPS) is 12.8. The van der Waals surface area contributed by atoms with Gasteiger partial charge in [-0.2, -0.15) is 23.4 Å². The van der Waals surface area contributed by atoms with E-state index in [4.69, 9.17) is 16.3 Å². The summed E-state index contributed by atoms with van der Waals surface area (Å²) in [4.78, 5) is 16.1. The smallest absolute Gasteiger partial charge is 0.435 e. The summed E-state index contributed by atoms with van der Waals surface area (Å²) < 4.78 is 70.8. The first kappa shape index (κ1) is 29.2. The molecule has 0 aromatic carbocycles. The SMILES string of the molecule is C=C(CNC)C(N/N=C/CCC(=O)Cc1cc(Cl)nc(OCC(F)F)c1)c1cn(C)nc1C(F)(F)F. The number of Topliss-reactive ketones (excluding diaryl/α,β-unsaturated/α-hetero) is 1. The molecule has 198 valence electrons. The summed E-state index contributed by atoms with van der Waals surface area (Å²) in [5, 5.41) is 10.3. The van der Waals surface area contributed by atoms with Crippen LogP contribution in [0.1, 0.15) is 35.7 Å². The number of hydrogen-bond acceptors (Lipinski definition) is 7. The molecule has 36 heavy (non-hydrogen) atoms. The minimum atomic E-state index is -4.66. The Bertz CT molecular complexity index is 1070. The molecule has 2 aromatic rings. The van der Waals surface area contributed by atoms with Crippen molar-refractivity contribution in [2.75, 3.05) is 20.2 Å². The maximum atomic E-state index is 13.4. The van der Waals surface area contributed by atoms with Crippen LogP contribution in [-0.4, -0.2) is 53.4 Å². The predicted molar refractivity (Wildman–Crippen MR) is 124 cm³/mol. The number of aromatic nitrogens is 3. The number of likely N-dealkylation sites (N-methyl/N-ethyl adjacent to an activating group) is 1. The van der Waals surface area contributed by atoms with Crippen LogP contribution in [0.2, 0.25) is 5.15 Å². The zero-order valence-corrected chi connectivity index (χ0v) is 20.3. The first-order chi connectivity index (χ1) is 16.9. The number of hydrogen-bond donors (Lipinski definition) is 2. The molecule has 1 unspecified atom stereocenters. The Morgan fingerprint density at radius 2 is 2.08 bits per heavy atom. The molecule has 0 saturated heterocycles. The van der Waals surface area contributed by atoms with Gasteiger partial charge >= 0.3 is 6.18 Å². The van der Waals surface area contributed by atoms with Gasteiger partial charge in [-0.3, -0.25) is 14.9 Å². The molecule has 0 aliphatic rings. The number of aryl methyl sites for hydroxylation is 1. The van der Waals surface area contributed by atoms with E-state index in [2.05, 4.69) is 32.5 Å². The first-order valence-electron chi connectivity index (χ1n) is 10.7. The predicted octanol–water partition coefficient (Wildman–Crippen LogP) is 4.12. The molecule has 2 aromatic heterocycles. The van der Waals surface area contributed by atoms with Crippen molar-refractivity contribution in [1.82, 2.24) is 25.5 Å². The highest BCUT2D eigenvalue weighted by Crippen LogP contribution is 2.35. The molecule has 2 rings (SSSR count). The van der Waals surface area contributed by atoms with Gasteiger partial charge in [0.25, 0.3) is 6.43 Å². The van der Waals surface area contributed by atoms with E-state index < -0.39 is 30.9 Å². The molecule has 0 spiro atoms.